The van der Waals surface area contributed by atoms with Crippen LogP contribution in [0.15, 0.2) is 40.8 Å². The van der Waals surface area contributed by atoms with Crippen molar-refractivity contribution in [1.82, 2.24) is 4.57 Å². The second-order valence-corrected chi connectivity index (χ2v) is 5.02. The Bertz CT molecular complexity index is 783. The van der Waals surface area contributed by atoms with Crippen LogP contribution in [0.25, 0.3) is 22.2 Å². The predicted octanol–water partition coefficient (Wildman–Crippen LogP) is 3.67. The summed E-state index contributed by atoms with van der Waals surface area (Å²) in [5.41, 5.74) is 3.35. The van der Waals surface area contributed by atoms with Crippen LogP contribution >= 0.6 is 0 Å². The first kappa shape index (κ1) is 13.6. The molecule has 3 rings (SSSR count). The maximum atomic E-state index is 10.7. The Morgan fingerprint density at radius 3 is 2.81 bits per heavy atom. The Hall–Kier alpha value is -2.33. The zero-order chi connectivity index (χ0) is 14.8. The fourth-order valence-electron chi connectivity index (χ4n) is 2.61. The zero-order valence-corrected chi connectivity index (χ0v) is 12.1. The maximum Gasteiger partial charge on any atom is 0.185 e. The molecule has 0 N–H and O–H groups in total. The molecule has 1 aromatic carbocycles. The summed E-state index contributed by atoms with van der Waals surface area (Å²) >= 11 is 0. The molecule has 0 amide bonds. The number of rotatable bonds is 5. The fourth-order valence-corrected chi connectivity index (χ4v) is 2.61. The Labute approximate surface area is 122 Å². The summed E-state index contributed by atoms with van der Waals surface area (Å²) in [6, 6.07) is 11.8. The minimum absolute atomic E-state index is 0.346. The lowest BCUT2D eigenvalue weighted by atomic mass is 10.1. The molecule has 3 aromatic rings. The van der Waals surface area contributed by atoms with Crippen molar-refractivity contribution < 1.29 is 13.9 Å². The van der Waals surface area contributed by atoms with Gasteiger partial charge >= 0.3 is 0 Å². The van der Waals surface area contributed by atoms with Gasteiger partial charge in [-0.3, -0.25) is 4.79 Å². The van der Waals surface area contributed by atoms with Gasteiger partial charge in [0.1, 0.15) is 5.76 Å². The number of nitrogens with zero attached hydrogens (tertiary/aromatic N) is 1. The molecule has 4 nitrogen and oxygen atoms in total. The molecule has 0 aliphatic carbocycles. The van der Waals surface area contributed by atoms with Crippen molar-refractivity contribution >= 4 is 17.2 Å². The molecule has 21 heavy (non-hydrogen) atoms. The largest absolute Gasteiger partial charge is 0.453 e. The number of carbonyl (C=O) groups excluding carboxylic acids is 1. The SMILES string of the molecule is COCCn1c(C)cc2cc(-c3ccc(C=O)o3)ccc21. The van der Waals surface area contributed by atoms with Gasteiger partial charge in [-0.1, -0.05) is 0 Å². The van der Waals surface area contributed by atoms with E-state index in [1.807, 2.05) is 12.1 Å². The van der Waals surface area contributed by atoms with Crippen molar-refractivity contribution in [2.45, 2.75) is 13.5 Å². The molecule has 4 heteroatoms. The highest BCUT2D eigenvalue weighted by atomic mass is 16.5. The summed E-state index contributed by atoms with van der Waals surface area (Å²) in [4.78, 5) is 10.7. The Morgan fingerprint density at radius 2 is 2.10 bits per heavy atom. The topological polar surface area (TPSA) is 44.4 Å². The van der Waals surface area contributed by atoms with Gasteiger partial charge in [0.25, 0.3) is 0 Å². The van der Waals surface area contributed by atoms with Crippen LogP contribution in [0.3, 0.4) is 0 Å². The molecule has 0 spiro atoms. The minimum atomic E-state index is 0.346. The summed E-state index contributed by atoms with van der Waals surface area (Å²) in [6.45, 7) is 3.61. The first-order valence-corrected chi connectivity index (χ1v) is 6.87. The van der Waals surface area contributed by atoms with Crippen molar-refractivity contribution in [2.75, 3.05) is 13.7 Å². The van der Waals surface area contributed by atoms with Gasteiger partial charge in [0, 0.05) is 35.8 Å². The number of fused-ring (bicyclic) bond motifs is 1. The fraction of sp³-hybridized carbons (Fsp3) is 0.235. The molecule has 0 fully saturated rings. The van der Waals surface area contributed by atoms with Crippen LogP contribution in [-0.4, -0.2) is 24.6 Å². The number of aromatic nitrogens is 1. The predicted molar refractivity (Wildman–Crippen MR) is 81.6 cm³/mol. The van der Waals surface area contributed by atoms with E-state index in [0.717, 1.165) is 17.5 Å². The molecule has 0 radical (unpaired) electrons. The second kappa shape index (κ2) is 5.58. The molecule has 0 saturated carbocycles. The third-order valence-corrected chi connectivity index (χ3v) is 3.65. The Balaban J connectivity index is 2.02. The summed E-state index contributed by atoms with van der Waals surface area (Å²) in [7, 11) is 1.71. The molecular formula is C17H17NO3. The second-order valence-electron chi connectivity index (χ2n) is 5.02. The standard InChI is InChI=1S/C17H17NO3/c1-12-9-14-10-13(17-6-4-15(11-19)21-17)3-5-16(14)18(12)7-8-20-2/h3-6,9-11H,7-8H2,1-2H3. The van der Waals surface area contributed by atoms with Gasteiger partial charge in [0.05, 0.1) is 6.61 Å². The van der Waals surface area contributed by atoms with Gasteiger partial charge in [-0.2, -0.15) is 0 Å². The Kier molecular flexibility index (Phi) is 3.62. The molecule has 0 unspecified atom stereocenters. The Morgan fingerprint density at radius 1 is 1.24 bits per heavy atom. The molecule has 108 valence electrons. The van der Waals surface area contributed by atoms with Crippen LogP contribution < -0.4 is 0 Å². The number of ether oxygens (including phenoxy) is 1. The van der Waals surface area contributed by atoms with Gasteiger partial charge < -0.3 is 13.7 Å². The van der Waals surface area contributed by atoms with Crippen molar-refractivity contribution in [3.05, 3.63) is 47.9 Å². The van der Waals surface area contributed by atoms with E-state index in [1.165, 1.54) is 11.2 Å². The van der Waals surface area contributed by atoms with Crippen LogP contribution in [0, 0.1) is 6.92 Å². The van der Waals surface area contributed by atoms with Crippen molar-refractivity contribution in [1.29, 1.82) is 0 Å². The van der Waals surface area contributed by atoms with Crippen LogP contribution in [-0.2, 0) is 11.3 Å². The van der Waals surface area contributed by atoms with E-state index in [-0.39, 0.29) is 0 Å². The van der Waals surface area contributed by atoms with E-state index >= 15 is 0 Å². The minimum Gasteiger partial charge on any atom is -0.453 e. The number of hydrogen-bond donors (Lipinski definition) is 0. The van der Waals surface area contributed by atoms with E-state index in [9.17, 15) is 4.79 Å². The number of benzene rings is 1. The van der Waals surface area contributed by atoms with Crippen LogP contribution in [0.2, 0.25) is 0 Å². The first-order valence-electron chi connectivity index (χ1n) is 6.87. The third kappa shape index (κ3) is 2.50. The molecule has 0 aliphatic rings. The van der Waals surface area contributed by atoms with Crippen LogP contribution in [0.4, 0.5) is 0 Å². The smallest absolute Gasteiger partial charge is 0.185 e. The van der Waals surface area contributed by atoms with Gasteiger partial charge in [-0.25, -0.2) is 0 Å². The molecule has 0 saturated heterocycles. The summed E-state index contributed by atoms with van der Waals surface area (Å²) in [6.07, 6.45) is 0.716. The van der Waals surface area contributed by atoms with Crippen molar-refractivity contribution in [3.8, 4) is 11.3 Å². The average Bonchev–Trinajstić information content (AvgIpc) is 3.08. The van der Waals surface area contributed by atoms with Crippen molar-refractivity contribution in [3.63, 3.8) is 0 Å². The lowest BCUT2D eigenvalue weighted by Crippen LogP contribution is -2.05. The van der Waals surface area contributed by atoms with Crippen LogP contribution in [0.1, 0.15) is 16.2 Å². The lowest BCUT2D eigenvalue weighted by Gasteiger charge is -2.07. The lowest BCUT2D eigenvalue weighted by molar-refractivity contribution is 0.110. The molecule has 0 aliphatic heterocycles. The molecule has 0 atom stereocenters. The monoisotopic (exact) mass is 283 g/mol. The van der Waals surface area contributed by atoms with Crippen LogP contribution in [0.5, 0.6) is 0 Å². The number of hydrogen-bond acceptors (Lipinski definition) is 3. The van der Waals surface area contributed by atoms with E-state index in [2.05, 4.69) is 29.7 Å². The number of furan rings is 1. The summed E-state index contributed by atoms with van der Waals surface area (Å²) in [5, 5.41) is 1.16. The average molecular weight is 283 g/mol. The normalized spacial score (nSPS) is 11.1. The number of methoxy groups -OCH3 is 1. The number of carbonyl (C=O) groups is 1. The summed E-state index contributed by atoms with van der Waals surface area (Å²) in [5.74, 6) is 1.06. The highest BCUT2D eigenvalue weighted by molar-refractivity contribution is 5.86. The highest BCUT2D eigenvalue weighted by Gasteiger charge is 2.09. The maximum absolute atomic E-state index is 10.7. The van der Waals surface area contributed by atoms with Gasteiger partial charge in [0.15, 0.2) is 12.0 Å². The highest BCUT2D eigenvalue weighted by Crippen LogP contribution is 2.27. The van der Waals surface area contributed by atoms with E-state index < -0.39 is 0 Å². The molecule has 0 bridgehead atoms. The quantitative estimate of drug-likeness (QED) is 0.671. The molecular weight excluding hydrogens is 266 g/mol. The van der Waals surface area contributed by atoms with E-state index in [1.54, 1.807) is 13.2 Å². The number of aldehydes is 1. The van der Waals surface area contributed by atoms with Gasteiger partial charge in [-0.05, 0) is 43.3 Å². The third-order valence-electron chi connectivity index (χ3n) is 3.65. The molecule has 2 heterocycles. The van der Waals surface area contributed by atoms with Gasteiger partial charge in [-0.15, -0.1) is 0 Å². The zero-order valence-electron chi connectivity index (χ0n) is 12.1. The molecule has 2 aromatic heterocycles. The summed E-state index contributed by atoms with van der Waals surface area (Å²) < 4.78 is 12.9. The van der Waals surface area contributed by atoms with Gasteiger partial charge in [0.2, 0.25) is 0 Å². The van der Waals surface area contributed by atoms with Crippen molar-refractivity contribution in [2.24, 2.45) is 0 Å². The van der Waals surface area contributed by atoms with E-state index in [4.69, 9.17) is 9.15 Å². The van der Waals surface area contributed by atoms with E-state index in [0.29, 0.717) is 24.4 Å². The first-order chi connectivity index (χ1) is 10.2. The number of aryl methyl sites for hydroxylation is 1.